The normalized spacial score (nSPS) is 19.7. The van der Waals surface area contributed by atoms with Crippen molar-refractivity contribution in [1.82, 2.24) is 4.90 Å². The van der Waals surface area contributed by atoms with Crippen molar-refractivity contribution in [2.45, 2.75) is 19.9 Å². The van der Waals surface area contributed by atoms with Gasteiger partial charge in [-0.3, -0.25) is 4.90 Å². The van der Waals surface area contributed by atoms with Crippen LogP contribution in [0.5, 0.6) is 5.75 Å². The number of hydrogen-bond acceptors (Lipinski definition) is 4. The van der Waals surface area contributed by atoms with Gasteiger partial charge in [-0.2, -0.15) is 0 Å². The van der Waals surface area contributed by atoms with Gasteiger partial charge in [-0.25, -0.2) is 0 Å². The number of ether oxygens (including phenoxy) is 1. The Labute approximate surface area is 122 Å². The highest BCUT2D eigenvalue weighted by atomic mass is 16.5. The molecule has 0 spiro atoms. The van der Waals surface area contributed by atoms with Gasteiger partial charge in [-0.15, -0.1) is 0 Å². The fourth-order valence-electron chi connectivity index (χ4n) is 2.56. The monoisotopic (exact) mass is 277 g/mol. The van der Waals surface area contributed by atoms with Crippen molar-refractivity contribution >= 4 is 5.69 Å². The Morgan fingerprint density at radius 3 is 2.20 bits per heavy atom. The summed E-state index contributed by atoms with van der Waals surface area (Å²) in [6.45, 7) is 9.83. The number of piperazine rings is 1. The topological polar surface area (TPSA) is 41.7 Å². The Morgan fingerprint density at radius 2 is 1.70 bits per heavy atom. The van der Waals surface area contributed by atoms with Gasteiger partial charge >= 0.3 is 0 Å². The summed E-state index contributed by atoms with van der Waals surface area (Å²) in [7, 11) is 1.70. The molecule has 4 nitrogen and oxygen atoms in total. The van der Waals surface area contributed by atoms with Gasteiger partial charge in [0.25, 0.3) is 0 Å². The Bertz CT molecular complexity index is 397. The number of hydrogen-bond donors (Lipinski definition) is 1. The van der Waals surface area contributed by atoms with Crippen LogP contribution in [0.15, 0.2) is 24.3 Å². The Hall–Kier alpha value is -1.26. The molecule has 1 aliphatic rings. The number of rotatable bonds is 5. The zero-order valence-electron chi connectivity index (χ0n) is 12.9. The van der Waals surface area contributed by atoms with Crippen LogP contribution in [-0.2, 0) is 0 Å². The smallest absolute Gasteiger partial charge is 0.119 e. The summed E-state index contributed by atoms with van der Waals surface area (Å²) in [5.74, 6) is 1.47. The third kappa shape index (κ3) is 3.87. The first kappa shape index (κ1) is 15.1. The fourth-order valence-corrected chi connectivity index (χ4v) is 2.56. The minimum Gasteiger partial charge on any atom is -0.497 e. The predicted molar refractivity (Wildman–Crippen MR) is 84.5 cm³/mol. The lowest BCUT2D eigenvalue weighted by Crippen LogP contribution is -2.49. The van der Waals surface area contributed by atoms with E-state index in [9.17, 15) is 0 Å². The summed E-state index contributed by atoms with van der Waals surface area (Å²) in [6.07, 6.45) is 0. The van der Waals surface area contributed by atoms with Crippen LogP contribution in [0.1, 0.15) is 13.8 Å². The van der Waals surface area contributed by atoms with E-state index in [-0.39, 0.29) is 6.04 Å². The van der Waals surface area contributed by atoms with Gasteiger partial charge in [0.05, 0.1) is 7.11 Å². The first-order chi connectivity index (χ1) is 9.60. The molecule has 0 aliphatic carbocycles. The van der Waals surface area contributed by atoms with E-state index in [1.54, 1.807) is 7.11 Å². The highest BCUT2D eigenvalue weighted by Gasteiger charge is 2.19. The van der Waals surface area contributed by atoms with Crippen LogP contribution in [-0.4, -0.2) is 50.8 Å². The Kier molecular flexibility index (Phi) is 5.26. The van der Waals surface area contributed by atoms with Crippen molar-refractivity contribution < 1.29 is 4.74 Å². The van der Waals surface area contributed by atoms with Crippen LogP contribution < -0.4 is 15.4 Å². The maximum Gasteiger partial charge on any atom is 0.119 e. The van der Waals surface area contributed by atoms with E-state index in [1.165, 1.54) is 5.69 Å². The second-order valence-electron chi connectivity index (χ2n) is 5.82. The van der Waals surface area contributed by atoms with E-state index in [2.05, 4.69) is 35.8 Å². The maximum absolute atomic E-state index is 5.95. The number of anilines is 1. The second kappa shape index (κ2) is 6.95. The number of nitrogens with zero attached hydrogens (tertiary/aromatic N) is 2. The molecule has 1 fully saturated rings. The van der Waals surface area contributed by atoms with Crippen molar-refractivity contribution in [3.63, 3.8) is 0 Å². The van der Waals surface area contributed by atoms with E-state index >= 15 is 0 Å². The fraction of sp³-hybridized carbons (Fsp3) is 0.625. The predicted octanol–water partition coefficient (Wildman–Crippen LogP) is 1.80. The summed E-state index contributed by atoms with van der Waals surface area (Å²) in [5, 5.41) is 0. The molecule has 1 heterocycles. The zero-order valence-corrected chi connectivity index (χ0v) is 12.9. The average Bonchev–Trinajstić information content (AvgIpc) is 2.48. The Morgan fingerprint density at radius 1 is 1.10 bits per heavy atom. The molecule has 0 bridgehead atoms. The molecule has 2 unspecified atom stereocenters. The van der Waals surface area contributed by atoms with E-state index in [4.69, 9.17) is 10.5 Å². The van der Waals surface area contributed by atoms with Crippen LogP contribution in [0, 0.1) is 5.92 Å². The highest BCUT2D eigenvalue weighted by molar-refractivity contribution is 5.49. The number of benzene rings is 1. The quantitative estimate of drug-likeness (QED) is 0.891. The summed E-state index contributed by atoms with van der Waals surface area (Å²) in [5.41, 5.74) is 7.23. The lowest BCUT2D eigenvalue weighted by atomic mass is 10.0. The van der Waals surface area contributed by atoms with Crippen molar-refractivity contribution in [2.75, 3.05) is 44.7 Å². The molecule has 1 saturated heterocycles. The molecule has 0 amide bonds. The standard InChI is InChI=1S/C16H27N3O/c1-13(14(2)17)12-18-8-10-19(11-9-18)15-4-6-16(20-3)7-5-15/h4-7,13-14H,8-12,17H2,1-3H3. The van der Waals surface area contributed by atoms with Crippen molar-refractivity contribution in [3.05, 3.63) is 24.3 Å². The molecular formula is C16H27N3O. The summed E-state index contributed by atoms with van der Waals surface area (Å²) in [4.78, 5) is 4.96. The molecule has 1 aromatic rings. The molecule has 0 saturated carbocycles. The third-order valence-electron chi connectivity index (χ3n) is 4.25. The molecule has 0 radical (unpaired) electrons. The average molecular weight is 277 g/mol. The van der Waals surface area contributed by atoms with Crippen molar-refractivity contribution in [1.29, 1.82) is 0 Å². The van der Waals surface area contributed by atoms with Crippen molar-refractivity contribution in [2.24, 2.45) is 11.7 Å². The van der Waals surface area contributed by atoms with E-state index in [0.29, 0.717) is 5.92 Å². The molecule has 2 rings (SSSR count). The lowest BCUT2D eigenvalue weighted by Gasteiger charge is -2.37. The van der Waals surface area contributed by atoms with E-state index in [0.717, 1.165) is 38.5 Å². The van der Waals surface area contributed by atoms with Gasteiger partial charge in [-0.1, -0.05) is 6.92 Å². The van der Waals surface area contributed by atoms with Gasteiger partial charge in [0, 0.05) is 44.5 Å². The van der Waals surface area contributed by atoms with Crippen LogP contribution in [0.25, 0.3) is 0 Å². The zero-order chi connectivity index (χ0) is 14.5. The molecule has 2 atom stereocenters. The molecule has 20 heavy (non-hydrogen) atoms. The van der Waals surface area contributed by atoms with E-state index in [1.807, 2.05) is 12.1 Å². The number of methoxy groups -OCH3 is 1. The third-order valence-corrected chi connectivity index (χ3v) is 4.25. The maximum atomic E-state index is 5.95. The molecule has 0 aromatic heterocycles. The van der Waals surface area contributed by atoms with E-state index < -0.39 is 0 Å². The minimum atomic E-state index is 0.273. The summed E-state index contributed by atoms with van der Waals surface area (Å²) >= 11 is 0. The summed E-state index contributed by atoms with van der Waals surface area (Å²) in [6, 6.07) is 8.60. The largest absolute Gasteiger partial charge is 0.497 e. The van der Waals surface area contributed by atoms with Gasteiger partial charge in [0.1, 0.15) is 5.75 Å². The van der Waals surface area contributed by atoms with Crippen LogP contribution >= 0.6 is 0 Å². The van der Waals surface area contributed by atoms with Gasteiger partial charge < -0.3 is 15.4 Å². The van der Waals surface area contributed by atoms with Crippen molar-refractivity contribution in [3.8, 4) is 5.75 Å². The van der Waals surface area contributed by atoms with Gasteiger partial charge in [0.15, 0.2) is 0 Å². The minimum absolute atomic E-state index is 0.273. The van der Waals surface area contributed by atoms with Crippen LogP contribution in [0.3, 0.4) is 0 Å². The van der Waals surface area contributed by atoms with Gasteiger partial charge in [0.2, 0.25) is 0 Å². The van der Waals surface area contributed by atoms with Crippen LogP contribution in [0.4, 0.5) is 5.69 Å². The second-order valence-corrected chi connectivity index (χ2v) is 5.82. The van der Waals surface area contributed by atoms with Crippen LogP contribution in [0.2, 0.25) is 0 Å². The molecule has 1 aromatic carbocycles. The molecule has 2 N–H and O–H groups in total. The highest BCUT2D eigenvalue weighted by Crippen LogP contribution is 2.20. The lowest BCUT2D eigenvalue weighted by molar-refractivity contribution is 0.214. The SMILES string of the molecule is COc1ccc(N2CCN(CC(C)C(C)N)CC2)cc1. The molecule has 1 aliphatic heterocycles. The first-order valence-corrected chi connectivity index (χ1v) is 7.47. The number of nitrogens with two attached hydrogens (primary N) is 1. The Balaban J connectivity index is 1.84. The molecular weight excluding hydrogens is 250 g/mol. The summed E-state index contributed by atoms with van der Waals surface area (Å²) < 4.78 is 5.20. The first-order valence-electron chi connectivity index (χ1n) is 7.47. The van der Waals surface area contributed by atoms with Gasteiger partial charge in [-0.05, 0) is 37.1 Å². The molecule has 112 valence electrons. The molecule has 4 heteroatoms.